The van der Waals surface area contributed by atoms with Crippen molar-refractivity contribution < 1.29 is 9.90 Å². The van der Waals surface area contributed by atoms with Gasteiger partial charge in [-0.05, 0) is 37.6 Å². The van der Waals surface area contributed by atoms with Gasteiger partial charge in [0.1, 0.15) is 0 Å². The first kappa shape index (κ1) is 11.8. The van der Waals surface area contributed by atoms with Crippen molar-refractivity contribution in [2.24, 2.45) is 0 Å². The highest BCUT2D eigenvalue weighted by atomic mass is 79.9. The monoisotopic (exact) mass is 295 g/mol. The SMILES string of the molecule is Cc1cc(-n2nnc(C)c2C(=O)O)ccc1Br. The molecule has 6 heteroatoms. The lowest BCUT2D eigenvalue weighted by molar-refractivity contribution is 0.0686. The molecule has 2 aromatic rings. The number of rotatable bonds is 2. The molecule has 0 unspecified atom stereocenters. The lowest BCUT2D eigenvalue weighted by Crippen LogP contribution is -2.09. The van der Waals surface area contributed by atoms with E-state index in [4.69, 9.17) is 5.11 Å². The largest absolute Gasteiger partial charge is 0.476 e. The van der Waals surface area contributed by atoms with Crippen LogP contribution < -0.4 is 0 Å². The summed E-state index contributed by atoms with van der Waals surface area (Å²) in [7, 11) is 0. The highest BCUT2D eigenvalue weighted by Gasteiger charge is 2.17. The van der Waals surface area contributed by atoms with E-state index in [1.54, 1.807) is 13.0 Å². The molecule has 17 heavy (non-hydrogen) atoms. The lowest BCUT2D eigenvalue weighted by Gasteiger charge is -2.05. The molecule has 2 rings (SSSR count). The van der Waals surface area contributed by atoms with Crippen LogP contribution in [0.15, 0.2) is 22.7 Å². The van der Waals surface area contributed by atoms with Crippen LogP contribution >= 0.6 is 15.9 Å². The van der Waals surface area contributed by atoms with E-state index in [1.165, 1.54) is 4.68 Å². The number of carbonyl (C=O) groups is 1. The number of carboxylic acid groups (broad SMARTS) is 1. The van der Waals surface area contributed by atoms with Gasteiger partial charge in [-0.2, -0.15) is 0 Å². The summed E-state index contributed by atoms with van der Waals surface area (Å²) in [6, 6.07) is 5.50. The summed E-state index contributed by atoms with van der Waals surface area (Å²) in [6.07, 6.45) is 0. The zero-order chi connectivity index (χ0) is 12.6. The predicted octanol–water partition coefficient (Wildman–Crippen LogP) is 2.34. The number of aromatic carboxylic acids is 1. The Morgan fingerprint density at radius 2 is 2.12 bits per heavy atom. The minimum Gasteiger partial charge on any atom is -0.476 e. The van der Waals surface area contributed by atoms with E-state index in [1.807, 2.05) is 19.1 Å². The first-order chi connectivity index (χ1) is 8.00. The number of hydrogen-bond donors (Lipinski definition) is 1. The Hall–Kier alpha value is -1.69. The van der Waals surface area contributed by atoms with Gasteiger partial charge in [-0.1, -0.05) is 21.1 Å². The molecular formula is C11H10BrN3O2. The van der Waals surface area contributed by atoms with Crippen LogP contribution in [0.5, 0.6) is 0 Å². The van der Waals surface area contributed by atoms with Gasteiger partial charge in [-0.15, -0.1) is 5.10 Å². The second kappa shape index (κ2) is 4.29. The smallest absolute Gasteiger partial charge is 0.356 e. The van der Waals surface area contributed by atoms with E-state index in [2.05, 4.69) is 26.2 Å². The summed E-state index contributed by atoms with van der Waals surface area (Å²) in [6.45, 7) is 3.55. The number of nitrogens with zero attached hydrogens (tertiary/aromatic N) is 3. The van der Waals surface area contributed by atoms with Gasteiger partial charge in [0, 0.05) is 4.47 Å². The zero-order valence-corrected chi connectivity index (χ0v) is 10.9. The lowest BCUT2D eigenvalue weighted by atomic mass is 10.2. The topological polar surface area (TPSA) is 68.0 Å². The van der Waals surface area contributed by atoms with Crippen molar-refractivity contribution in [1.29, 1.82) is 0 Å². The van der Waals surface area contributed by atoms with Crippen molar-refractivity contribution in [3.63, 3.8) is 0 Å². The van der Waals surface area contributed by atoms with Crippen LogP contribution in [0.3, 0.4) is 0 Å². The summed E-state index contributed by atoms with van der Waals surface area (Å²) in [5, 5.41) is 16.7. The fourth-order valence-electron chi connectivity index (χ4n) is 1.54. The van der Waals surface area contributed by atoms with Gasteiger partial charge < -0.3 is 5.11 Å². The molecule has 1 N–H and O–H groups in total. The molecule has 0 amide bonds. The van der Waals surface area contributed by atoms with Gasteiger partial charge in [0.15, 0.2) is 5.69 Å². The van der Waals surface area contributed by atoms with E-state index in [0.717, 1.165) is 10.0 Å². The predicted molar refractivity (Wildman–Crippen MR) is 65.5 cm³/mol. The highest BCUT2D eigenvalue weighted by Crippen LogP contribution is 2.20. The standard InChI is InChI=1S/C11H10BrN3O2/c1-6-5-8(3-4-9(6)12)15-10(11(16)17)7(2)13-14-15/h3-5H,1-2H3,(H,16,17). The average molecular weight is 296 g/mol. The summed E-state index contributed by atoms with van der Waals surface area (Å²) in [5.74, 6) is -1.03. The molecule has 1 aromatic heterocycles. The molecule has 0 saturated heterocycles. The molecule has 0 radical (unpaired) electrons. The molecule has 0 atom stereocenters. The normalized spacial score (nSPS) is 10.5. The van der Waals surface area contributed by atoms with E-state index < -0.39 is 5.97 Å². The summed E-state index contributed by atoms with van der Waals surface area (Å²) in [4.78, 5) is 11.1. The third-order valence-corrected chi connectivity index (χ3v) is 3.32. The van der Waals surface area contributed by atoms with Crippen LogP contribution in [-0.2, 0) is 0 Å². The maximum absolute atomic E-state index is 11.1. The Morgan fingerprint density at radius 3 is 2.71 bits per heavy atom. The van der Waals surface area contributed by atoms with E-state index in [0.29, 0.717) is 11.4 Å². The Bertz CT molecular complexity index is 592. The van der Waals surface area contributed by atoms with Crippen molar-refractivity contribution >= 4 is 21.9 Å². The number of carboxylic acids is 1. The van der Waals surface area contributed by atoms with Gasteiger partial charge in [0.2, 0.25) is 0 Å². The quantitative estimate of drug-likeness (QED) is 0.923. The van der Waals surface area contributed by atoms with Gasteiger partial charge in [0.25, 0.3) is 0 Å². The summed E-state index contributed by atoms with van der Waals surface area (Å²) < 4.78 is 2.30. The fourth-order valence-corrected chi connectivity index (χ4v) is 1.79. The Labute approximate surface area is 106 Å². The molecule has 1 heterocycles. The van der Waals surface area contributed by atoms with Crippen LogP contribution in [0.25, 0.3) is 5.69 Å². The Kier molecular flexibility index (Phi) is 2.97. The van der Waals surface area contributed by atoms with Gasteiger partial charge >= 0.3 is 5.97 Å². The van der Waals surface area contributed by atoms with E-state index in [9.17, 15) is 4.79 Å². The minimum atomic E-state index is -1.03. The van der Waals surface area contributed by atoms with Gasteiger partial charge in [-0.3, -0.25) is 0 Å². The molecule has 0 spiro atoms. The van der Waals surface area contributed by atoms with Crippen LogP contribution in [0.2, 0.25) is 0 Å². The molecule has 5 nitrogen and oxygen atoms in total. The maximum atomic E-state index is 11.1. The van der Waals surface area contributed by atoms with Crippen molar-refractivity contribution in [3.8, 4) is 5.69 Å². The first-order valence-electron chi connectivity index (χ1n) is 4.93. The van der Waals surface area contributed by atoms with Gasteiger partial charge in [-0.25, -0.2) is 9.48 Å². The number of aryl methyl sites for hydroxylation is 2. The second-order valence-corrected chi connectivity index (χ2v) is 4.53. The second-order valence-electron chi connectivity index (χ2n) is 3.67. The molecule has 0 aliphatic rings. The molecule has 1 aromatic carbocycles. The third kappa shape index (κ3) is 2.08. The Morgan fingerprint density at radius 1 is 1.41 bits per heavy atom. The minimum absolute atomic E-state index is 0.0896. The zero-order valence-electron chi connectivity index (χ0n) is 9.31. The Balaban J connectivity index is 2.60. The van der Waals surface area contributed by atoms with Crippen molar-refractivity contribution in [2.75, 3.05) is 0 Å². The molecule has 88 valence electrons. The van der Waals surface area contributed by atoms with Crippen molar-refractivity contribution in [3.05, 3.63) is 39.6 Å². The maximum Gasteiger partial charge on any atom is 0.356 e. The summed E-state index contributed by atoms with van der Waals surface area (Å²) >= 11 is 3.39. The van der Waals surface area contributed by atoms with Crippen molar-refractivity contribution in [2.45, 2.75) is 13.8 Å². The summed E-state index contributed by atoms with van der Waals surface area (Å²) in [5.41, 5.74) is 2.18. The van der Waals surface area contributed by atoms with E-state index >= 15 is 0 Å². The first-order valence-corrected chi connectivity index (χ1v) is 5.72. The average Bonchev–Trinajstić information content (AvgIpc) is 2.64. The molecule has 0 aliphatic carbocycles. The van der Waals surface area contributed by atoms with Crippen LogP contribution in [0.1, 0.15) is 21.7 Å². The number of halogens is 1. The van der Waals surface area contributed by atoms with Crippen LogP contribution in [-0.4, -0.2) is 26.1 Å². The molecule has 0 fully saturated rings. The molecule has 0 aliphatic heterocycles. The number of aromatic nitrogens is 3. The van der Waals surface area contributed by atoms with Crippen molar-refractivity contribution in [1.82, 2.24) is 15.0 Å². The molecule has 0 saturated carbocycles. The van der Waals surface area contributed by atoms with Crippen LogP contribution in [0, 0.1) is 13.8 Å². The van der Waals surface area contributed by atoms with Gasteiger partial charge in [0.05, 0.1) is 11.4 Å². The molecular weight excluding hydrogens is 286 g/mol. The number of benzene rings is 1. The highest BCUT2D eigenvalue weighted by molar-refractivity contribution is 9.10. The fraction of sp³-hybridized carbons (Fsp3) is 0.182. The van der Waals surface area contributed by atoms with E-state index in [-0.39, 0.29) is 5.69 Å². The molecule has 0 bridgehead atoms. The number of hydrogen-bond acceptors (Lipinski definition) is 3. The third-order valence-electron chi connectivity index (χ3n) is 2.43. The van der Waals surface area contributed by atoms with Crippen LogP contribution in [0.4, 0.5) is 0 Å².